The van der Waals surface area contributed by atoms with Crippen LogP contribution >= 0.6 is 0 Å². The summed E-state index contributed by atoms with van der Waals surface area (Å²) < 4.78 is 49.6. The molecule has 102 valence electrons. The lowest BCUT2D eigenvalue weighted by atomic mass is 9.86. The third-order valence-electron chi connectivity index (χ3n) is 3.27. The fourth-order valence-corrected chi connectivity index (χ4v) is 2.16. The van der Waals surface area contributed by atoms with Gasteiger partial charge in [-0.15, -0.1) is 0 Å². The quantitative estimate of drug-likeness (QED) is 0.908. The van der Waals surface area contributed by atoms with E-state index in [9.17, 15) is 13.2 Å². The number of hydrogen-bond acceptors (Lipinski definition) is 5. The Hall–Kier alpha value is -1.83. The first kappa shape index (κ1) is 12.2. The van der Waals surface area contributed by atoms with Crippen molar-refractivity contribution in [3.05, 3.63) is 24.3 Å². The van der Waals surface area contributed by atoms with Crippen LogP contribution in [0, 0.1) is 0 Å². The summed E-state index contributed by atoms with van der Waals surface area (Å²) in [5.41, 5.74) is -2.11. The van der Waals surface area contributed by atoms with Crippen LogP contribution in [0.5, 0.6) is 0 Å². The maximum atomic E-state index is 13.3. The summed E-state index contributed by atoms with van der Waals surface area (Å²) in [6, 6.07) is 3.16. The number of halogens is 3. The van der Waals surface area contributed by atoms with E-state index in [1.807, 2.05) is 0 Å². The van der Waals surface area contributed by atoms with Crippen molar-refractivity contribution < 1.29 is 22.1 Å². The Morgan fingerprint density at radius 1 is 1.37 bits per heavy atom. The topological polar surface area (TPSA) is 64.1 Å². The lowest BCUT2D eigenvalue weighted by Gasteiger charge is -2.26. The predicted molar refractivity (Wildman–Crippen MR) is 57.2 cm³/mol. The van der Waals surface area contributed by atoms with E-state index < -0.39 is 17.5 Å². The molecule has 0 aliphatic carbocycles. The third kappa shape index (κ3) is 1.83. The Balaban J connectivity index is 2.01. The zero-order chi connectivity index (χ0) is 13.5. The highest BCUT2D eigenvalue weighted by molar-refractivity contribution is 5.45. The Morgan fingerprint density at radius 3 is 2.79 bits per heavy atom. The largest absolute Gasteiger partial charge is 0.461 e. The average Bonchev–Trinajstić information content (AvgIpc) is 3.10. The molecule has 0 saturated carbocycles. The van der Waals surface area contributed by atoms with E-state index in [0.29, 0.717) is 0 Å². The van der Waals surface area contributed by atoms with Gasteiger partial charge in [0.2, 0.25) is 11.7 Å². The van der Waals surface area contributed by atoms with Gasteiger partial charge in [-0.05, 0) is 25.1 Å². The van der Waals surface area contributed by atoms with E-state index in [1.54, 1.807) is 12.1 Å². The molecule has 0 aromatic carbocycles. The van der Waals surface area contributed by atoms with Crippen molar-refractivity contribution >= 4 is 0 Å². The number of rotatable bonds is 2. The average molecular weight is 273 g/mol. The van der Waals surface area contributed by atoms with E-state index in [-0.39, 0.29) is 31.1 Å². The van der Waals surface area contributed by atoms with Crippen molar-refractivity contribution in [3.63, 3.8) is 0 Å². The standard InChI is InChI=1S/C11H10F3N3O2/c12-11(13,14)10(3-4-15-6-10)9-16-8(17-19-9)7-2-1-5-18-7/h1-2,5,15H,3-4,6H2. The Labute approximate surface area is 105 Å². The summed E-state index contributed by atoms with van der Waals surface area (Å²) in [4.78, 5) is 3.84. The maximum absolute atomic E-state index is 13.3. The van der Waals surface area contributed by atoms with Crippen molar-refractivity contribution in [2.45, 2.75) is 18.0 Å². The highest BCUT2D eigenvalue weighted by Crippen LogP contribution is 2.44. The predicted octanol–water partition coefficient (Wildman–Crippen LogP) is 2.12. The van der Waals surface area contributed by atoms with Gasteiger partial charge in [-0.25, -0.2) is 0 Å². The lowest BCUT2D eigenvalue weighted by Crippen LogP contribution is -2.44. The summed E-state index contributed by atoms with van der Waals surface area (Å²) in [6.07, 6.45) is -3.16. The van der Waals surface area contributed by atoms with Gasteiger partial charge in [0.05, 0.1) is 6.26 Å². The number of nitrogens with one attached hydrogen (secondary N) is 1. The molecule has 1 saturated heterocycles. The molecule has 5 nitrogen and oxygen atoms in total. The van der Waals surface area contributed by atoms with Crippen LogP contribution in [0.4, 0.5) is 13.2 Å². The second-order valence-electron chi connectivity index (χ2n) is 4.41. The van der Waals surface area contributed by atoms with Crippen molar-refractivity contribution in [2.24, 2.45) is 0 Å². The van der Waals surface area contributed by atoms with E-state index >= 15 is 0 Å². The van der Waals surface area contributed by atoms with Crippen molar-refractivity contribution in [1.29, 1.82) is 0 Å². The van der Waals surface area contributed by atoms with E-state index in [2.05, 4.69) is 15.5 Å². The SMILES string of the molecule is FC(F)(F)C1(c2nc(-c3ccco3)no2)CCNC1. The zero-order valence-electron chi connectivity index (χ0n) is 9.70. The second-order valence-corrected chi connectivity index (χ2v) is 4.41. The molecule has 1 aliphatic heterocycles. The highest BCUT2D eigenvalue weighted by Gasteiger charge is 2.61. The van der Waals surface area contributed by atoms with Crippen molar-refractivity contribution in [3.8, 4) is 11.6 Å². The molecule has 1 unspecified atom stereocenters. The first-order chi connectivity index (χ1) is 9.03. The van der Waals surface area contributed by atoms with Crippen LogP contribution in [-0.2, 0) is 5.41 Å². The minimum absolute atomic E-state index is 0.0236. The van der Waals surface area contributed by atoms with E-state index in [1.165, 1.54) is 6.26 Å². The Bertz CT molecular complexity index is 556. The maximum Gasteiger partial charge on any atom is 0.404 e. The normalized spacial score (nSPS) is 23.9. The summed E-state index contributed by atoms with van der Waals surface area (Å²) in [5.74, 6) is -0.120. The Kier molecular flexibility index (Phi) is 2.63. The van der Waals surface area contributed by atoms with Gasteiger partial charge in [0, 0.05) is 6.54 Å². The molecule has 0 bridgehead atoms. The molecule has 2 aromatic heterocycles. The van der Waals surface area contributed by atoms with Crippen LogP contribution in [0.1, 0.15) is 12.3 Å². The molecule has 0 amide bonds. The summed E-state index contributed by atoms with van der Waals surface area (Å²) in [7, 11) is 0. The zero-order valence-corrected chi connectivity index (χ0v) is 9.70. The van der Waals surface area contributed by atoms with Crippen LogP contribution < -0.4 is 5.32 Å². The smallest absolute Gasteiger partial charge is 0.404 e. The molecule has 3 heterocycles. The van der Waals surface area contributed by atoms with Gasteiger partial charge >= 0.3 is 6.18 Å². The van der Waals surface area contributed by atoms with Gasteiger partial charge in [0.15, 0.2) is 11.2 Å². The first-order valence-corrected chi connectivity index (χ1v) is 5.68. The number of furan rings is 1. The number of aromatic nitrogens is 2. The lowest BCUT2D eigenvalue weighted by molar-refractivity contribution is -0.191. The fraction of sp³-hybridized carbons (Fsp3) is 0.455. The fourth-order valence-electron chi connectivity index (χ4n) is 2.16. The van der Waals surface area contributed by atoms with Gasteiger partial charge in [0.25, 0.3) is 0 Å². The molecule has 1 fully saturated rings. The monoisotopic (exact) mass is 273 g/mol. The molecule has 19 heavy (non-hydrogen) atoms. The molecule has 1 atom stereocenters. The molecular weight excluding hydrogens is 263 g/mol. The summed E-state index contributed by atoms with van der Waals surface area (Å²) in [5, 5.41) is 6.25. The molecule has 0 radical (unpaired) electrons. The molecular formula is C11H10F3N3O2. The van der Waals surface area contributed by atoms with Crippen LogP contribution in [0.2, 0.25) is 0 Å². The molecule has 2 aromatic rings. The van der Waals surface area contributed by atoms with Crippen LogP contribution in [0.3, 0.4) is 0 Å². The van der Waals surface area contributed by atoms with E-state index in [4.69, 9.17) is 8.94 Å². The number of alkyl halides is 3. The van der Waals surface area contributed by atoms with Gasteiger partial charge in [-0.2, -0.15) is 18.2 Å². The molecule has 3 rings (SSSR count). The third-order valence-corrected chi connectivity index (χ3v) is 3.27. The minimum atomic E-state index is -4.44. The van der Waals surface area contributed by atoms with Crippen LogP contribution in [-0.4, -0.2) is 29.4 Å². The number of nitrogens with zero attached hydrogens (tertiary/aromatic N) is 2. The van der Waals surface area contributed by atoms with Gasteiger partial charge in [0.1, 0.15) is 0 Å². The van der Waals surface area contributed by atoms with Crippen LogP contribution in [0.25, 0.3) is 11.6 Å². The first-order valence-electron chi connectivity index (χ1n) is 5.68. The Morgan fingerprint density at radius 2 is 2.21 bits per heavy atom. The molecule has 1 N–H and O–H groups in total. The van der Waals surface area contributed by atoms with Crippen molar-refractivity contribution in [2.75, 3.05) is 13.1 Å². The van der Waals surface area contributed by atoms with E-state index in [0.717, 1.165) is 0 Å². The molecule has 1 aliphatic rings. The molecule has 8 heteroatoms. The van der Waals surface area contributed by atoms with Crippen molar-refractivity contribution in [1.82, 2.24) is 15.5 Å². The van der Waals surface area contributed by atoms with Gasteiger partial charge in [-0.1, -0.05) is 5.16 Å². The second kappa shape index (κ2) is 4.09. The molecule has 0 spiro atoms. The summed E-state index contributed by atoms with van der Waals surface area (Å²) >= 11 is 0. The van der Waals surface area contributed by atoms with Gasteiger partial charge < -0.3 is 14.3 Å². The van der Waals surface area contributed by atoms with Crippen LogP contribution in [0.15, 0.2) is 27.3 Å². The number of hydrogen-bond donors (Lipinski definition) is 1. The van der Waals surface area contributed by atoms with Gasteiger partial charge in [-0.3, -0.25) is 0 Å². The minimum Gasteiger partial charge on any atom is -0.461 e. The summed E-state index contributed by atoms with van der Waals surface area (Å²) in [6.45, 7) is 0.00820. The highest BCUT2D eigenvalue weighted by atomic mass is 19.4.